The molecule has 0 bridgehead atoms. The second kappa shape index (κ2) is 9.08. The standard InChI is InChI=1S/C27H27N3O3/c1-3-30(4-2)21-7-5-19(6-8-21)15-25-26(31)22-9-10-24-23(27(22)33-25)17-29(18-32-24)16-20-11-13-28-14-12-20/h5-15H,3-4,16-18H2,1-2H3/b25-15-. The molecule has 0 amide bonds. The Balaban J connectivity index is 1.37. The summed E-state index contributed by atoms with van der Waals surface area (Å²) < 4.78 is 12.1. The number of ether oxygens (including phenoxy) is 2. The molecule has 5 rings (SSSR count). The van der Waals surface area contributed by atoms with Crippen molar-refractivity contribution in [2.75, 3.05) is 24.7 Å². The lowest BCUT2D eigenvalue weighted by Gasteiger charge is -2.29. The molecule has 2 aliphatic heterocycles. The van der Waals surface area contributed by atoms with Crippen LogP contribution in [0.15, 0.2) is 66.7 Å². The number of aromatic nitrogens is 1. The van der Waals surface area contributed by atoms with Crippen molar-refractivity contribution in [2.24, 2.45) is 0 Å². The van der Waals surface area contributed by atoms with Gasteiger partial charge in [-0.1, -0.05) is 12.1 Å². The van der Waals surface area contributed by atoms with Gasteiger partial charge < -0.3 is 14.4 Å². The SMILES string of the molecule is CCN(CC)c1ccc(/C=C2\Oc3c(ccc4c3CN(Cc3ccncc3)CO4)C2=O)cc1. The molecule has 3 aromatic rings. The van der Waals surface area contributed by atoms with Gasteiger partial charge in [-0.2, -0.15) is 0 Å². The fourth-order valence-electron chi connectivity index (χ4n) is 4.37. The smallest absolute Gasteiger partial charge is 0.231 e. The number of rotatable bonds is 6. The van der Waals surface area contributed by atoms with Crippen LogP contribution in [0.25, 0.3) is 6.08 Å². The Morgan fingerprint density at radius 1 is 1.03 bits per heavy atom. The predicted molar refractivity (Wildman–Crippen MR) is 128 cm³/mol. The van der Waals surface area contributed by atoms with Gasteiger partial charge in [-0.3, -0.25) is 14.7 Å². The van der Waals surface area contributed by atoms with Crippen molar-refractivity contribution in [3.63, 3.8) is 0 Å². The number of allylic oxidation sites excluding steroid dienone is 1. The van der Waals surface area contributed by atoms with Gasteiger partial charge in [0.1, 0.15) is 18.2 Å². The molecule has 0 unspecified atom stereocenters. The fourth-order valence-corrected chi connectivity index (χ4v) is 4.37. The molecule has 6 nitrogen and oxygen atoms in total. The minimum Gasteiger partial charge on any atom is -0.478 e. The van der Waals surface area contributed by atoms with E-state index in [-0.39, 0.29) is 5.78 Å². The van der Waals surface area contributed by atoms with Crippen LogP contribution in [0.1, 0.15) is 40.9 Å². The zero-order valence-corrected chi connectivity index (χ0v) is 19.0. The largest absolute Gasteiger partial charge is 0.478 e. The maximum Gasteiger partial charge on any atom is 0.231 e. The number of Topliss-reactive ketones (excluding diaryl/α,β-unsaturated/α-hetero) is 1. The molecule has 168 valence electrons. The second-order valence-electron chi connectivity index (χ2n) is 8.24. The van der Waals surface area contributed by atoms with Crippen molar-refractivity contribution in [1.29, 1.82) is 0 Å². The lowest BCUT2D eigenvalue weighted by Crippen LogP contribution is -2.31. The minimum atomic E-state index is -0.0909. The fraction of sp³-hybridized carbons (Fsp3) is 0.259. The first-order valence-corrected chi connectivity index (χ1v) is 11.4. The molecule has 0 saturated carbocycles. The van der Waals surface area contributed by atoms with Gasteiger partial charge in [0, 0.05) is 44.3 Å². The van der Waals surface area contributed by atoms with Crippen LogP contribution >= 0.6 is 0 Å². The van der Waals surface area contributed by atoms with E-state index in [0.29, 0.717) is 30.3 Å². The molecule has 3 heterocycles. The summed E-state index contributed by atoms with van der Waals surface area (Å²) in [5, 5.41) is 0. The number of carbonyl (C=O) groups is 1. The first kappa shape index (κ1) is 21.2. The topological polar surface area (TPSA) is 54.9 Å². The van der Waals surface area contributed by atoms with Gasteiger partial charge in [-0.25, -0.2) is 0 Å². The van der Waals surface area contributed by atoms with Crippen molar-refractivity contribution < 1.29 is 14.3 Å². The van der Waals surface area contributed by atoms with Crippen LogP contribution in [0, 0.1) is 0 Å². The van der Waals surface area contributed by atoms with Crippen LogP contribution in [0.4, 0.5) is 5.69 Å². The van der Waals surface area contributed by atoms with E-state index in [1.54, 1.807) is 18.5 Å². The lowest BCUT2D eigenvalue weighted by atomic mass is 10.0. The number of ketones is 1. The molecular formula is C27H27N3O3. The third kappa shape index (κ3) is 4.22. The average Bonchev–Trinajstić information content (AvgIpc) is 3.17. The molecule has 0 aliphatic carbocycles. The summed E-state index contributed by atoms with van der Waals surface area (Å²) in [6.07, 6.45) is 5.40. The molecule has 6 heteroatoms. The molecule has 0 radical (unpaired) electrons. The third-order valence-electron chi connectivity index (χ3n) is 6.16. The van der Waals surface area contributed by atoms with Crippen LogP contribution in [0.2, 0.25) is 0 Å². The van der Waals surface area contributed by atoms with E-state index in [1.807, 2.05) is 36.4 Å². The van der Waals surface area contributed by atoms with E-state index < -0.39 is 0 Å². The van der Waals surface area contributed by atoms with Gasteiger partial charge in [0.25, 0.3) is 0 Å². The van der Waals surface area contributed by atoms with E-state index in [9.17, 15) is 4.79 Å². The number of pyridine rings is 1. The van der Waals surface area contributed by atoms with Crippen molar-refractivity contribution in [2.45, 2.75) is 26.9 Å². The van der Waals surface area contributed by atoms with Gasteiger partial charge in [-0.15, -0.1) is 0 Å². The first-order chi connectivity index (χ1) is 16.2. The number of anilines is 1. The van der Waals surface area contributed by atoms with Gasteiger partial charge in [0.05, 0.1) is 11.1 Å². The van der Waals surface area contributed by atoms with E-state index in [1.165, 1.54) is 5.69 Å². The summed E-state index contributed by atoms with van der Waals surface area (Å²) in [7, 11) is 0. The Kier molecular flexibility index (Phi) is 5.84. The second-order valence-corrected chi connectivity index (χ2v) is 8.24. The zero-order valence-electron chi connectivity index (χ0n) is 19.0. The molecule has 2 aromatic carbocycles. The summed E-state index contributed by atoms with van der Waals surface area (Å²) >= 11 is 0. The highest BCUT2D eigenvalue weighted by atomic mass is 16.5. The Morgan fingerprint density at radius 3 is 2.52 bits per heavy atom. The van der Waals surface area contributed by atoms with Gasteiger partial charge >= 0.3 is 0 Å². The highest BCUT2D eigenvalue weighted by molar-refractivity contribution is 6.15. The van der Waals surface area contributed by atoms with E-state index in [0.717, 1.165) is 42.1 Å². The Hall–Kier alpha value is -3.64. The highest BCUT2D eigenvalue weighted by Crippen LogP contribution is 2.42. The van der Waals surface area contributed by atoms with Crippen molar-refractivity contribution in [1.82, 2.24) is 9.88 Å². The molecule has 0 fully saturated rings. The molecule has 0 spiro atoms. The van der Waals surface area contributed by atoms with Gasteiger partial charge in [-0.05, 0) is 67.4 Å². The predicted octanol–water partition coefficient (Wildman–Crippen LogP) is 4.90. The van der Waals surface area contributed by atoms with Crippen LogP contribution in [0.3, 0.4) is 0 Å². The molecule has 0 atom stereocenters. The van der Waals surface area contributed by atoms with Crippen LogP contribution in [-0.2, 0) is 13.1 Å². The van der Waals surface area contributed by atoms with Gasteiger partial charge in [0.15, 0.2) is 5.76 Å². The summed E-state index contributed by atoms with van der Waals surface area (Å²) in [5.41, 5.74) is 4.78. The van der Waals surface area contributed by atoms with E-state index >= 15 is 0 Å². The molecular weight excluding hydrogens is 414 g/mol. The normalized spacial score (nSPS) is 16.2. The Labute approximate surface area is 194 Å². The summed E-state index contributed by atoms with van der Waals surface area (Å²) in [6.45, 7) is 8.08. The van der Waals surface area contributed by atoms with E-state index in [2.05, 4.69) is 40.8 Å². The molecule has 0 saturated heterocycles. The van der Waals surface area contributed by atoms with Crippen LogP contribution in [0.5, 0.6) is 11.5 Å². The van der Waals surface area contributed by atoms with Crippen LogP contribution < -0.4 is 14.4 Å². The summed E-state index contributed by atoms with van der Waals surface area (Å²) in [6, 6.07) is 15.9. The average molecular weight is 442 g/mol. The maximum atomic E-state index is 13.1. The first-order valence-electron chi connectivity index (χ1n) is 11.4. The highest BCUT2D eigenvalue weighted by Gasteiger charge is 2.33. The maximum absolute atomic E-state index is 13.1. The monoisotopic (exact) mass is 441 g/mol. The summed E-state index contributed by atoms with van der Waals surface area (Å²) in [5.74, 6) is 1.65. The number of carbonyl (C=O) groups excluding carboxylic acids is 1. The number of fused-ring (bicyclic) bond motifs is 3. The zero-order chi connectivity index (χ0) is 22.8. The minimum absolute atomic E-state index is 0.0909. The van der Waals surface area contributed by atoms with Gasteiger partial charge in [0.2, 0.25) is 5.78 Å². The molecule has 1 aromatic heterocycles. The molecule has 33 heavy (non-hydrogen) atoms. The Morgan fingerprint density at radius 2 is 1.79 bits per heavy atom. The Bertz CT molecular complexity index is 1190. The van der Waals surface area contributed by atoms with E-state index in [4.69, 9.17) is 9.47 Å². The van der Waals surface area contributed by atoms with Crippen molar-refractivity contribution in [3.05, 3.63) is 88.9 Å². The number of hydrogen-bond acceptors (Lipinski definition) is 6. The van der Waals surface area contributed by atoms with Crippen molar-refractivity contribution >= 4 is 17.5 Å². The number of benzene rings is 2. The third-order valence-corrected chi connectivity index (χ3v) is 6.16. The van der Waals surface area contributed by atoms with Crippen LogP contribution in [-0.4, -0.2) is 35.5 Å². The molecule has 2 aliphatic rings. The number of nitrogens with zero attached hydrogens (tertiary/aromatic N) is 3. The number of hydrogen-bond donors (Lipinski definition) is 0. The quantitative estimate of drug-likeness (QED) is 0.508. The lowest BCUT2D eigenvalue weighted by molar-refractivity contribution is 0.0872. The van der Waals surface area contributed by atoms with Crippen molar-refractivity contribution in [3.8, 4) is 11.5 Å². The molecule has 0 N–H and O–H groups in total. The summed E-state index contributed by atoms with van der Waals surface area (Å²) in [4.78, 5) is 21.6.